The predicted molar refractivity (Wildman–Crippen MR) is 82.5 cm³/mol. The molecule has 1 aliphatic heterocycles. The molecule has 2 atom stereocenters. The molecule has 0 unspecified atom stereocenters. The fourth-order valence-electron chi connectivity index (χ4n) is 2.88. The summed E-state index contributed by atoms with van der Waals surface area (Å²) in [5.74, 6) is 0.0625. The van der Waals surface area contributed by atoms with Crippen LogP contribution in [-0.2, 0) is 11.3 Å². The van der Waals surface area contributed by atoms with Crippen molar-refractivity contribution in [2.24, 2.45) is 5.41 Å². The molecule has 0 saturated carbocycles. The van der Waals surface area contributed by atoms with Crippen molar-refractivity contribution in [1.82, 2.24) is 10.6 Å². The summed E-state index contributed by atoms with van der Waals surface area (Å²) in [6.45, 7) is 11.6. The van der Waals surface area contributed by atoms with Crippen LogP contribution in [0.5, 0.6) is 0 Å². The maximum absolute atomic E-state index is 12.4. The molecule has 1 aliphatic rings. The number of rotatable bonds is 4. The van der Waals surface area contributed by atoms with Gasteiger partial charge in [-0.1, -0.05) is 31.2 Å². The molecule has 20 heavy (non-hydrogen) atoms. The largest absolute Gasteiger partial charge is 0.351 e. The lowest BCUT2D eigenvalue weighted by atomic mass is 9.82. The summed E-state index contributed by atoms with van der Waals surface area (Å²) < 4.78 is 0. The van der Waals surface area contributed by atoms with Crippen LogP contribution in [0.15, 0.2) is 30.9 Å². The molecule has 1 saturated heterocycles. The number of nitrogens with one attached hydrogen (secondary N) is 2. The van der Waals surface area contributed by atoms with E-state index < -0.39 is 0 Å². The molecule has 1 aromatic carbocycles. The van der Waals surface area contributed by atoms with Crippen LogP contribution in [0.25, 0.3) is 0 Å². The fourth-order valence-corrected chi connectivity index (χ4v) is 2.88. The van der Waals surface area contributed by atoms with E-state index in [0.29, 0.717) is 6.54 Å². The topological polar surface area (TPSA) is 41.1 Å². The van der Waals surface area contributed by atoms with E-state index in [1.165, 1.54) is 16.7 Å². The average Bonchev–Trinajstić information content (AvgIpc) is 2.81. The second-order valence-electron chi connectivity index (χ2n) is 5.94. The lowest BCUT2D eigenvalue weighted by Gasteiger charge is -2.26. The second-order valence-corrected chi connectivity index (χ2v) is 5.94. The highest BCUT2D eigenvalue weighted by Crippen LogP contribution is 2.31. The molecule has 1 fully saturated rings. The van der Waals surface area contributed by atoms with E-state index in [1.54, 1.807) is 0 Å². The summed E-state index contributed by atoms with van der Waals surface area (Å²) in [6.07, 6.45) is 2.86. The number of carbonyl (C=O) groups excluding carboxylic acids is 1. The first-order chi connectivity index (χ1) is 9.48. The summed E-state index contributed by atoms with van der Waals surface area (Å²) in [5.41, 5.74) is 3.50. The first-order valence-corrected chi connectivity index (χ1v) is 7.18. The minimum Gasteiger partial charge on any atom is -0.351 e. The Bertz CT molecular complexity index is 503. The minimum absolute atomic E-state index is 0.0625. The number of benzene rings is 1. The van der Waals surface area contributed by atoms with Gasteiger partial charge in [0.05, 0.1) is 6.04 Å². The Kier molecular flexibility index (Phi) is 4.29. The van der Waals surface area contributed by atoms with Gasteiger partial charge in [0.1, 0.15) is 0 Å². The Morgan fingerprint density at radius 3 is 2.75 bits per heavy atom. The van der Waals surface area contributed by atoms with Gasteiger partial charge in [0.25, 0.3) is 0 Å². The molecule has 0 aromatic heterocycles. The number of amides is 1. The molecule has 3 nitrogen and oxygen atoms in total. The van der Waals surface area contributed by atoms with Crippen LogP contribution in [0.2, 0.25) is 0 Å². The highest BCUT2D eigenvalue weighted by molar-refractivity contribution is 5.83. The molecular formula is C17H24N2O. The Hall–Kier alpha value is -1.61. The van der Waals surface area contributed by atoms with Gasteiger partial charge in [0, 0.05) is 12.0 Å². The standard InChI is InChI=1S/C17H24N2O/c1-5-17(4)9-10-18-15(17)16(20)19-11-14-12(2)7-6-8-13(14)3/h5-8,15,18H,1,9-11H2,2-4H3,(H,19,20)/t15-,17+/m1/s1. The third kappa shape index (κ3) is 2.78. The summed E-state index contributed by atoms with van der Waals surface area (Å²) in [6, 6.07) is 6.03. The van der Waals surface area contributed by atoms with Crippen LogP contribution in [-0.4, -0.2) is 18.5 Å². The molecule has 1 aromatic rings. The zero-order valence-electron chi connectivity index (χ0n) is 12.6. The van der Waals surface area contributed by atoms with Gasteiger partial charge in [-0.05, 0) is 43.5 Å². The fraction of sp³-hybridized carbons (Fsp3) is 0.471. The van der Waals surface area contributed by atoms with Crippen molar-refractivity contribution in [3.63, 3.8) is 0 Å². The highest BCUT2D eigenvalue weighted by atomic mass is 16.2. The van der Waals surface area contributed by atoms with E-state index >= 15 is 0 Å². The van der Waals surface area contributed by atoms with Crippen LogP contribution in [0, 0.1) is 19.3 Å². The molecule has 0 radical (unpaired) electrons. The minimum atomic E-state index is -0.177. The third-order valence-electron chi connectivity index (χ3n) is 4.48. The van der Waals surface area contributed by atoms with Crippen LogP contribution < -0.4 is 10.6 Å². The maximum Gasteiger partial charge on any atom is 0.238 e. The van der Waals surface area contributed by atoms with Gasteiger partial charge < -0.3 is 10.6 Å². The van der Waals surface area contributed by atoms with Gasteiger partial charge in [0.2, 0.25) is 5.91 Å². The van der Waals surface area contributed by atoms with Crippen LogP contribution >= 0.6 is 0 Å². The van der Waals surface area contributed by atoms with Crippen molar-refractivity contribution in [3.8, 4) is 0 Å². The molecule has 0 bridgehead atoms. The van der Waals surface area contributed by atoms with Crippen molar-refractivity contribution in [3.05, 3.63) is 47.5 Å². The van der Waals surface area contributed by atoms with E-state index in [9.17, 15) is 4.79 Å². The van der Waals surface area contributed by atoms with Crippen molar-refractivity contribution >= 4 is 5.91 Å². The number of aryl methyl sites for hydroxylation is 2. The molecule has 1 heterocycles. The molecule has 0 spiro atoms. The second kappa shape index (κ2) is 5.80. The van der Waals surface area contributed by atoms with Crippen molar-refractivity contribution < 1.29 is 4.79 Å². The summed E-state index contributed by atoms with van der Waals surface area (Å²) in [7, 11) is 0. The predicted octanol–water partition coefficient (Wildman–Crippen LogP) is 2.47. The molecule has 108 valence electrons. The summed E-state index contributed by atoms with van der Waals surface area (Å²) >= 11 is 0. The smallest absolute Gasteiger partial charge is 0.238 e. The Morgan fingerprint density at radius 1 is 1.50 bits per heavy atom. The van der Waals surface area contributed by atoms with E-state index in [0.717, 1.165) is 13.0 Å². The van der Waals surface area contributed by atoms with Gasteiger partial charge in [-0.15, -0.1) is 6.58 Å². The van der Waals surface area contributed by atoms with Crippen molar-refractivity contribution in [1.29, 1.82) is 0 Å². The molecule has 0 aliphatic carbocycles. The van der Waals surface area contributed by atoms with Crippen LogP contribution in [0.1, 0.15) is 30.0 Å². The summed E-state index contributed by atoms with van der Waals surface area (Å²) in [5, 5.41) is 6.34. The number of hydrogen-bond acceptors (Lipinski definition) is 2. The zero-order chi connectivity index (χ0) is 14.8. The molecule has 2 N–H and O–H groups in total. The molecular weight excluding hydrogens is 248 g/mol. The van der Waals surface area contributed by atoms with E-state index in [2.05, 4.69) is 50.1 Å². The Morgan fingerprint density at radius 2 is 2.15 bits per heavy atom. The van der Waals surface area contributed by atoms with E-state index in [4.69, 9.17) is 0 Å². The van der Waals surface area contributed by atoms with E-state index in [-0.39, 0.29) is 17.4 Å². The highest BCUT2D eigenvalue weighted by Gasteiger charge is 2.40. The summed E-state index contributed by atoms with van der Waals surface area (Å²) in [4.78, 5) is 12.4. The number of hydrogen-bond donors (Lipinski definition) is 2. The average molecular weight is 272 g/mol. The van der Waals surface area contributed by atoms with Crippen LogP contribution in [0.3, 0.4) is 0 Å². The van der Waals surface area contributed by atoms with Crippen molar-refractivity contribution in [2.75, 3.05) is 6.54 Å². The van der Waals surface area contributed by atoms with Gasteiger partial charge in [-0.25, -0.2) is 0 Å². The molecule has 1 amide bonds. The van der Waals surface area contributed by atoms with Crippen molar-refractivity contribution in [2.45, 2.75) is 39.8 Å². The number of carbonyl (C=O) groups is 1. The Balaban J connectivity index is 2.04. The lowest BCUT2D eigenvalue weighted by Crippen LogP contribution is -2.47. The van der Waals surface area contributed by atoms with Gasteiger partial charge >= 0.3 is 0 Å². The lowest BCUT2D eigenvalue weighted by molar-refractivity contribution is -0.124. The monoisotopic (exact) mass is 272 g/mol. The van der Waals surface area contributed by atoms with Gasteiger partial charge in [-0.2, -0.15) is 0 Å². The SMILES string of the molecule is C=C[C@@]1(C)CCN[C@@H]1C(=O)NCc1c(C)cccc1C. The van der Waals surface area contributed by atoms with E-state index in [1.807, 2.05) is 12.1 Å². The first-order valence-electron chi connectivity index (χ1n) is 7.18. The zero-order valence-corrected chi connectivity index (χ0v) is 12.6. The normalized spacial score (nSPS) is 25.4. The maximum atomic E-state index is 12.4. The molecule has 3 heteroatoms. The quantitative estimate of drug-likeness (QED) is 0.827. The molecule has 2 rings (SSSR count). The van der Waals surface area contributed by atoms with Crippen LogP contribution in [0.4, 0.5) is 0 Å². The van der Waals surface area contributed by atoms with Gasteiger partial charge in [-0.3, -0.25) is 4.79 Å². The Labute approximate surface area is 121 Å². The van der Waals surface area contributed by atoms with Gasteiger partial charge in [0.15, 0.2) is 0 Å². The first kappa shape index (κ1) is 14.8. The third-order valence-corrected chi connectivity index (χ3v) is 4.48.